The second kappa shape index (κ2) is 4.52. The Bertz CT molecular complexity index is 479. The smallest absolute Gasteiger partial charge is 0.182 e. The molecule has 0 fully saturated rings. The van der Waals surface area contributed by atoms with Crippen LogP contribution in [-0.2, 0) is 9.84 Å². The van der Waals surface area contributed by atoms with Gasteiger partial charge >= 0.3 is 0 Å². The third kappa shape index (κ3) is 2.33. The lowest BCUT2D eigenvalue weighted by Crippen LogP contribution is -2.04. The number of aldehydes is 1. The lowest BCUT2D eigenvalue weighted by atomic mass is 10.2. The molecule has 1 aromatic rings. The molecule has 6 heteroatoms. The summed E-state index contributed by atoms with van der Waals surface area (Å²) in [6.45, 7) is 0. The van der Waals surface area contributed by atoms with Crippen LogP contribution in [0.15, 0.2) is 17.0 Å². The van der Waals surface area contributed by atoms with Gasteiger partial charge in [-0.1, -0.05) is 0 Å². The van der Waals surface area contributed by atoms with Crippen LogP contribution in [0.5, 0.6) is 11.5 Å². The molecule has 0 bridgehead atoms. The Balaban J connectivity index is 3.63. The monoisotopic (exact) mass is 244 g/mol. The molecule has 0 amide bonds. The lowest BCUT2D eigenvalue weighted by Gasteiger charge is -2.12. The summed E-state index contributed by atoms with van der Waals surface area (Å²) in [6.07, 6.45) is 1.64. The van der Waals surface area contributed by atoms with E-state index in [1.807, 2.05) is 0 Å². The van der Waals surface area contributed by atoms with Crippen molar-refractivity contribution in [1.29, 1.82) is 0 Å². The standard InChI is InChI=1S/C10H12O5S/c1-14-8-4-7(6-11)5-9(15-2)10(8)16(3,12)13/h4-6H,1-3H3. The average Bonchev–Trinajstić information content (AvgIpc) is 2.25. The van der Waals surface area contributed by atoms with Gasteiger partial charge in [0.15, 0.2) is 14.7 Å². The van der Waals surface area contributed by atoms with Gasteiger partial charge in [-0.15, -0.1) is 0 Å². The first kappa shape index (κ1) is 12.5. The predicted octanol–water partition coefficient (Wildman–Crippen LogP) is 0.920. The molecule has 0 saturated carbocycles. The van der Waals surface area contributed by atoms with E-state index in [1.165, 1.54) is 26.4 Å². The zero-order valence-electron chi connectivity index (χ0n) is 9.18. The van der Waals surface area contributed by atoms with E-state index in [-0.39, 0.29) is 16.4 Å². The summed E-state index contributed by atoms with van der Waals surface area (Å²) in [5.41, 5.74) is 0.293. The highest BCUT2D eigenvalue weighted by molar-refractivity contribution is 7.91. The Morgan fingerprint density at radius 2 is 1.56 bits per heavy atom. The van der Waals surface area contributed by atoms with Crippen LogP contribution in [-0.4, -0.2) is 35.2 Å². The minimum Gasteiger partial charge on any atom is -0.495 e. The molecule has 0 radical (unpaired) electrons. The van der Waals surface area contributed by atoms with Crippen LogP contribution < -0.4 is 9.47 Å². The molecular weight excluding hydrogens is 232 g/mol. The van der Waals surface area contributed by atoms with Gasteiger partial charge in [-0.05, 0) is 12.1 Å². The second-order valence-corrected chi connectivity index (χ2v) is 5.10. The number of hydrogen-bond acceptors (Lipinski definition) is 5. The molecule has 0 heterocycles. The Morgan fingerprint density at radius 1 is 1.12 bits per heavy atom. The Hall–Kier alpha value is -1.56. The van der Waals surface area contributed by atoms with Gasteiger partial charge in [0, 0.05) is 11.8 Å². The number of sulfone groups is 1. The summed E-state index contributed by atoms with van der Waals surface area (Å²) in [7, 11) is -0.816. The van der Waals surface area contributed by atoms with Crippen molar-refractivity contribution in [3.8, 4) is 11.5 Å². The van der Waals surface area contributed by atoms with Gasteiger partial charge in [-0.3, -0.25) is 4.79 Å². The van der Waals surface area contributed by atoms with Crippen molar-refractivity contribution in [2.24, 2.45) is 0 Å². The van der Waals surface area contributed by atoms with Crippen LogP contribution in [0.3, 0.4) is 0 Å². The number of rotatable bonds is 4. The van der Waals surface area contributed by atoms with E-state index in [4.69, 9.17) is 9.47 Å². The first-order valence-electron chi connectivity index (χ1n) is 4.35. The average molecular weight is 244 g/mol. The van der Waals surface area contributed by atoms with E-state index >= 15 is 0 Å². The minimum absolute atomic E-state index is 0.0527. The van der Waals surface area contributed by atoms with Gasteiger partial charge in [0.05, 0.1) is 14.2 Å². The molecule has 0 N–H and O–H groups in total. The van der Waals surface area contributed by atoms with Crippen molar-refractivity contribution in [2.45, 2.75) is 4.90 Å². The quantitative estimate of drug-likeness (QED) is 0.736. The highest BCUT2D eigenvalue weighted by Crippen LogP contribution is 2.34. The van der Waals surface area contributed by atoms with Crippen LogP contribution in [0.1, 0.15) is 10.4 Å². The van der Waals surface area contributed by atoms with Gasteiger partial charge in [0.1, 0.15) is 17.8 Å². The number of carbonyl (C=O) groups excluding carboxylic acids is 1. The fourth-order valence-corrected chi connectivity index (χ4v) is 2.35. The van der Waals surface area contributed by atoms with E-state index < -0.39 is 9.84 Å². The van der Waals surface area contributed by atoms with Crippen LogP contribution in [0.25, 0.3) is 0 Å². The third-order valence-electron chi connectivity index (χ3n) is 1.99. The van der Waals surface area contributed by atoms with E-state index in [0.29, 0.717) is 11.8 Å². The molecule has 0 aromatic heterocycles. The number of methoxy groups -OCH3 is 2. The van der Waals surface area contributed by atoms with Crippen molar-refractivity contribution in [2.75, 3.05) is 20.5 Å². The van der Waals surface area contributed by atoms with E-state index in [2.05, 4.69) is 0 Å². The third-order valence-corrected chi connectivity index (χ3v) is 3.13. The van der Waals surface area contributed by atoms with Crippen LogP contribution in [0.4, 0.5) is 0 Å². The summed E-state index contributed by atoms with van der Waals surface area (Å²) >= 11 is 0. The number of hydrogen-bond donors (Lipinski definition) is 0. The second-order valence-electron chi connectivity index (χ2n) is 3.14. The molecule has 0 aliphatic carbocycles. The van der Waals surface area contributed by atoms with Crippen LogP contribution >= 0.6 is 0 Å². The molecule has 0 saturated heterocycles. The topological polar surface area (TPSA) is 69.7 Å². The summed E-state index contributed by atoms with van der Waals surface area (Å²) in [4.78, 5) is 10.6. The van der Waals surface area contributed by atoms with Crippen LogP contribution in [0.2, 0.25) is 0 Å². The molecule has 0 aliphatic heterocycles. The summed E-state index contributed by atoms with van der Waals surface area (Å²) in [6, 6.07) is 2.71. The zero-order chi connectivity index (χ0) is 12.3. The summed E-state index contributed by atoms with van der Waals surface area (Å²) in [5, 5.41) is 0. The van der Waals surface area contributed by atoms with Crippen molar-refractivity contribution < 1.29 is 22.7 Å². The molecule has 5 nitrogen and oxygen atoms in total. The van der Waals surface area contributed by atoms with Gasteiger partial charge in [-0.25, -0.2) is 8.42 Å². The molecule has 1 aromatic carbocycles. The fraction of sp³-hybridized carbons (Fsp3) is 0.300. The predicted molar refractivity (Wildman–Crippen MR) is 58.0 cm³/mol. The summed E-state index contributed by atoms with van der Waals surface area (Å²) in [5.74, 6) is 0.202. The highest BCUT2D eigenvalue weighted by atomic mass is 32.2. The van der Waals surface area contributed by atoms with Crippen molar-refractivity contribution in [3.05, 3.63) is 17.7 Å². The van der Waals surface area contributed by atoms with Crippen molar-refractivity contribution in [3.63, 3.8) is 0 Å². The molecule has 0 aliphatic rings. The zero-order valence-corrected chi connectivity index (χ0v) is 10.00. The molecule has 0 spiro atoms. The van der Waals surface area contributed by atoms with E-state index in [9.17, 15) is 13.2 Å². The fourth-order valence-electron chi connectivity index (χ4n) is 1.33. The molecule has 0 atom stereocenters. The number of ether oxygens (including phenoxy) is 2. The maximum atomic E-state index is 11.5. The Morgan fingerprint density at radius 3 is 1.81 bits per heavy atom. The SMILES string of the molecule is COc1cc(C=O)cc(OC)c1S(C)(=O)=O. The maximum absolute atomic E-state index is 11.5. The highest BCUT2D eigenvalue weighted by Gasteiger charge is 2.21. The van der Waals surface area contributed by atoms with Crippen molar-refractivity contribution in [1.82, 2.24) is 0 Å². The van der Waals surface area contributed by atoms with Gasteiger partial charge < -0.3 is 9.47 Å². The Kier molecular flexibility index (Phi) is 3.54. The summed E-state index contributed by atoms with van der Waals surface area (Å²) < 4.78 is 33.0. The number of carbonyl (C=O) groups is 1. The molecule has 0 unspecified atom stereocenters. The largest absolute Gasteiger partial charge is 0.495 e. The minimum atomic E-state index is -3.48. The Labute approximate surface area is 93.9 Å². The van der Waals surface area contributed by atoms with Gasteiger partial charge in [0.25, 0.3) is 0 Å². The first-order valence-corrected chi connectivity index (χ1v) is 6.24. The molecule has 88 valence electrons. The molecular formula is C10H12O5S. The lowest BCUT2D eigenvalue weighted by molar-refractivity contribution is 0.112. The van der Waals surface area contributed by atoms with Crippen molar-refractivity contribution >= 4 is 16.1 Å². The van der Waals surface area contributed by atoms with E-state index in [1.54, 1.807) is 0 Å². The number of benzene rings is 1. The van der Waals surface area contributed by atoms with E-state index in [0.717, 1.165) is 6.26 Å². The molecule has 16 heavy (non-hydrogen) atoms. The van der Waals surface area contributed by atoms with Gasteiger partial charge in [-0.2, -0.15) is 0 Å². The normalized spacial score (nSPS) is 10.9. The molecule has 1 rings (SSSR count). The first-order chi connectivity index (χ1) is 7.43. The maximum Gasteiger partial charge on any atom is 0.182 e. The van der Waals surface area contributed by atoms with Crippen LogP contribution in [0, 0.1) is 0 Å². The van der Waals surface area contributed by atoms with Gasteiger partial charge in [0.2, 0.25) is 0 Å².